The maximum absolute atomic E-state index is 11.9. The standard InChI is InChI=1S/C11H10N6O3/c12-5-1-9-7(14-10(18)4-20-9)2-6(5)15-11(19)8-3-13-17-16-8/h1-3H,4,12H2,(H,14,18)(H,15,19)(H,13,16,17). The molecule has 0 saturated heterocycles. The Hall–Kier alpha value is -3.10. The molecule has 2 heterocycles. The largest absolute Gasteiger partial charge is 0.482 e. The second kappa shape index (κ2) is 4.53. The van der Waals surface area contributed by atoms with Gasteiger partial charge in [-0.3, -0.25) is 9.59 Å². The summed E-state index contributed by atoms with van der Waals surface area (Å²) >= 11 is 0. The molecule has 1 aliphatic rings. The van der Waals surface area contributed by atoms with Crippen LogP contribution in [0.4, 0.5) is 17.1 Å². The van der Waals surface area contributed by atoms with Gasteiger partial charge in [0.25, 0.3) is 11.8 Å². The molecule has 3 rings (SSSR count). The maximum Gasteiger partial charge on any atom is 0.277 e. The van der Waals surface area contributed by atoms with Gasteiger partial charge in [0.2, 0.25) is 0 Å². The van der Waals surface area contributed by atoms with Crippen molar-refractivity contribution < 1.29 is 14.3 Å². The number of nitrogens with zero attached hydrogens (tertiary/aromatic N) is 2. The van der Waals surface area contributed by atoms with E-state index in [-0.39, 0.29) is 18.2 Å². The van der Waals surface area contributed by atoms with Crippen LogP contribution in [0, 0.1) is 0 Å². The summed E-state index contributed by atoms with van der Waals surface area (Å²) in [5.74, 6) is -0.272. The molecule has 0 radical (unpaired) electrons. The smallest absolute Gasteiger partial charge is 0.277 e. The van der Waals surface area contributed by atoms with Crippen LogP contribution in [0.25, 0.3) is 0 Å². The van der Waals surface area contributed by atoms with E-state index in [4.69, 9.17) is 10.5 Å². The predicted octanol–water partition coefficient (Wildman–Crippen LogP) is -0.0299. The molecule has 0 atom stereocenters. The molecule has 2 aromatic rings. The molecule has 0 aliphatic carbocycles. The number of hydrogen-bond acceptors (Lipinski definition) is 6. The first kappa shape index (κ1) is 12.0. The Labute approximate surface area is 112 Å². The molecule has 2 amide bonds. The number of ether oxygens (including phenoxy) is 1. The number of fused-ring (bicyclic) bond motifs is 1. The molecule has 0 bridgehead atoms. The molecule has 0 fully saturated rings. The average Bonchev–Trinajstić information content (AvgIpc) is 2.94. The van der Waals surface area contributed by atoms with Gasteiger partial charge in [-0.15, -0.1) is 0 Å². The first-order valence-corrected chi connectivity index (χ1v) is 5.67. The number of carbonyl (C=O) groups is 2. The quantitative estimate of drug-likeness (QED) is 0.568. The van der Waals surface area contributed by atoms with Crippen LogP contribution in [-0.2, 0) is 4.79 Å². The Morgan fingerprint density at radius 2 is 2.30 bits per heavy atom. The van der Waals surface area contributed by atoms with Crippen molar-refractivity contribution in [3.63, 3.8) is 0 Å². The first-order chi connectivity index (χ1) is 9.63. The Morgan fingerprint density at radius 3 is 3.05 bits per heavy atom. The van der Waals surface area contributed by atoms with Gasteiger partial charge in [0, 0.05) is 6.07 Å². The lowest BCUT2D eigenvalue weighted by molar-refractivity contribution is -0.118. The van der Waals surface area contributed by atoms with Crippen LogP contribution in [-0.4, -0.2) is 33.8 Å². The molecule has 0 spiro atoms. The molecule has 9 heteroatoms. The Kier molecular flexibility index (Phi) is 2.71. The fourth-order valence-electron chi connectivity index (χ4n) is 1.75. The Balaban J connectivity index is 1.88. The number of nitrogen functional groups attached to an aromatic ring is 1. The van der Waals surface area contributed by atoms with Crippen molar-refractivity contribution in [1.29, 1.82) is 0 Å². The van der Waals surface area contributed by atoms with E-state index < -0.39 is 5.91 Å². The highest BCUT2D eigenvalue weighted by Crippen LogP contribution is 2.35. The van der Waals surface area contributed by atoms with E-state index in [1.165, 1.54) is 18.3 Å². The average molecular weight is 274 g/mol. The lowest BCUT2D eigenvalue weighted by Crippen LogP contribution is -2.25. The van der Waals surface area contributed by atoms with Crippen molar-refractivity contribution in [2.24, 2.45) is 0 Å². The van der Waals surface area contributed by atoms with Gasteiger partial charge in [-0.05, 0) is 6.07 Å². The summed E-state index contributed by atoms with van der Waals surface area (Å²) in [5.41, 5.74) is 7.07. The van der Waals surface area contributed by atoms with Gasteiger partial charge >= 0.3 is 0 Å². The second-order valence-electron chi connectivity index (χ2n) is 4.08. The molecule has 102 valence electrons. The van der Waals surface area contributed by atoms with E-state index in [9.17, 15) is 9.59 Å². The number of anilines is 3. The van der Waals surface area contributed by atoms with Crippen molar-refractivity contribution >= 4 is 28.9 Å². The summed E-state index contributed by atoms with van der Waals surface area (Å²) in [5, 5.41) is 14.8. The van der Waals surface area contributed by atoms with Crippen molar-refractivity contribution in [1.82, 2.24) is 15.4 Å². The van der Waals surface area contributed by atoms with E-state index in [1.807, 2.05) is 0 Å². The molecule has 1 aromatic heterocycles. The van der Waals surface area contributed by atoms with Crippen molar-refractivity contribution in [3.8, 4) is 5.75 Å². The SMILES string of the molecule is Nc1cc2c(cc1NC(=O)c1cn[nH]n1)NC(=O)CO2. The van der Waals surface area contributed by atoms with Crippen molar-refractivity contribution in [3.05, 3.63) is 24.0 Å². The zero-order valence-corrected chi connectivity index (χ0v) is 10.1. The second-order valence-corrected chi connectivity index (χ2v) is 4.08. The van der Waals surface area contributed by atoms with Gasteiger partial charge in [0.1, 0.15) is 5.75 Å². The van der Waals surface area contributed by atoms with E-state index in [1.54, 1.807) is 0 Å². The molecular weight excluding hydrogens is 264 g/mol. The normalized spacial score (nSPS) is 13.1. The first-order valence-electron chi connectivity index (χ1n) is 5.67. The van der Waals surface area contributed by atoms with Gasteiger partial charge in [0.05, 0.1) is 23.3 Å². The third-order valence-electron chi connectivity index (χ3n) is 2.68. The van der Waals surface area contributed by atoms with Gasteiger partial charge in [-0.25, -0.2) is 0 Å². The summed E-state index contributed by atoms with van der Waals surface area (Å²) in [7, 11) is 0. The lowest BCUT2D eigenvalue weighted by Gasteiger charge is -2.19. The number of hydrogen-bond donors (Lipinski definition) is 4. The Bertz CT molecular complexity index is 682. The molecule has 0 saturated carbocycles. The molecule has 9 nitrogen and oxygen atoms in total. The van der Waals surface area contributed by atoms with Crippen molar-refractivity contribution in [2.75, 3.05) is 23.0 Å². The summed E-state index contributed by atoms with van der Waals surface area (Å²) in [6, 6.07) is 3.06. The van der Waals surface area contributed by atoms with Gasteiger partial charge in [0.15, 0.2) is 12.3 Å². The summed E-state index contributed by atoms with van der Waals surface area (Å²) < 4.78 is 5.22. The van der Waals surface area contributed by atoms with Crippen molar-refractivity contribution in [2.45, 2.75) is 0 Å². The van der Waals surface area contributed by atoms with Crippen LogP contribution in [0.3, 0.4) is 0 Å². The predicted molar refractivity (Wildman–Crippen MR) is 69.3 cm³/mol. The minimum absolute atomic E-state index is 0.0584. The molecule has 5 N–H and O–H groups in total. The van der Waals surface area contributed by atoms with Crippen LogP contribution in [0.2, 0.25) is 0 Å². The van der Waals surface area contributed by atoms with Gasteiger partial charge < -0.3 is 21.1 Å². The minimum Gasteiger partial charge on any atom is -0.482 e. The Morgan fingerprint density at radius 1 is 1.45 bits per heavy atom. The molecule has 0 unspecified atom stereocenters. The highest BCUT2D eigenvalue weighted by Gasteiger charge is 2.19. The number of nitrogens with one attached hydrogen (secondary N) is 3. The fourth-order valence-corrected chi connectivity index (χ4v) is 1.75. The molecule has 20 heavy (non-hydrogen) atoms. The number of nitrogens with two attached hydrogens (primary N) is 1. The van der Waals surface area contributed by atoms with Crippen LogP contribution in [0.1, 0.15) is 10.5 Å². The monoisotopic (exact) mass is 274 g/mol. The molecule has 1 aliphatic heterocycles. The number of benzene rings is 1. The highest BCUT2D eigenvalue weighted by molar-refractivity contribution is 6.05. The van der Waals surface area contributed by atoms with Crippen LogP contribution < -0.4 is 21.1 Å². The van der Waals surface area contributed by atoms with E-state index in [0.29, 0.717) is 22.8 Å². The molecule has 1 aromatic carbocycles. The number of carbonyl (C=O) groups excluding carboxylic acids is 2. The van der Waals surface area contributed by atoms with E-state index >= 15 is 0 Å². The molecular formula is C11H10N6O3. The van der Waals surface area contributed by atoms with Crippen LogP contribution in [0.15, 0.2) is 18.3 Å². The summed E-state index contributed by atoms with van der Waals surface area (Å²) in [4.78, 5) is 23.1. The van der Waals surface area contributed by atoms with Crippen LogP contribution >= 0.6 is 0 Å². The lowest BCUT2D eigenvalue weighted by atomic mass is 10.2. The summed E-state index contributed by atoms with van der Waals surface area (Å²) in [6.07, 6.45) is 1.29. The number of rotatable bonds is 2. The van der Waals surface area contributed by atoms with E-state index in [2.05, 4.69) is 26.0 Å². The zero-order valence-electron chi connectivity index (χ0n) is 10.1. The number of aromatic nitrogens is 3. The third-order valence-corrected chi connectivity index (χ3v) is 2.68. The third kappa shape index (κ3) is 2.11. The van der Waals surface area contributed by atoms with E-state index in [0.717, 1.165) is 0 Å². The summed E-state index contributed by atoms with van der Waals surface area (Å²) in [6.45, 7) is -0.0584. The maximum atomic E-state index is 11.9. The van der Waals surface area contributed by atoms with Gasteiger partial charge in [-0.1, -0.05) is 0 Å². The highest BCUT2D eigenvalue weighted by atomic mass is 16.5. The topological polar surface area (TPSA) is 135 Å². The van der Waals surface area contributed by atoms with Crippen LogP contribution in [0.5, 0.6) is 5.75 Å². The zero-order chi connectivity index (χ0) is 14.1. The minimum atomic E-state index is -0.464. The number of H-pyrrole nitrogens is 1. The van der Waals surface area contributed by atoms with Gasteiger partial charge in [-0.2, -0.15) is 15.4 Å². The number of aromatic amines is 1. The number of amides is 2. The fraction of sp³-hybridized carbons (Fsp3) is 0.0909.